The molecule has 0 aliphatic carbocycles. The Morgan fingerprint density at radius 3 is 2.81 bits per heavy atom. The molecule has 1 aliphatic rings. The Morgan fingerprint density at radius 2 is 2.14 bits per heavy atom. The van der Waals surface area contributed by atoms with Gasteiger partial charge in [0.15, 0.2) is 0 Å². The van der Waals surface area contributed by atoms with Crippen LogP contribution in [0.3, 0.4) is 0 Å². The molecule has 5 nitrogen and oxygen atoms in total. The highest BCUT2D eigenvalue weighted by atomic mass is 35.5. The van der Waals surface area contributed by atoms with Crippen LogP contribution in [-0.2, 0) is 21.2 Å². The Morgan fingerprint density at radius 1 is 1.38 bits per heavy atom. The van der Waals surface area contributed by atoms with E-state index in [1.54, 1.807) is 18.2 Å². The molecule has 1 aliphatic heterocycles. The molecule has 0 unspecified atom stereocenters. The van der Waals surface area contributed by atoms with E-state index in [9.17, 15) is 18.3 Å². The number of piperidine rings is 1. The third-order valence-corrected chi connectivity index (χ3v) is 5.74. The van der Waals surface area contributed by atoms with Crippen molar-refractivity contribution in [3.8, 4) is 0 Å². The molecular formula is C14H18ClNO4S. The highest BCUT2D eigenvalue weighted by molar-refractivity contribution is 7.89. The summed E-state index contributed by atoms with van der Waals surface area (Å²) in [5.41, 5.74) is 0.829. The Balaban J connectivity index is 2.08. The topological polar surface area (TPSA) is 74.7 Å². The van der Waals surface area contributed by atoms with E-state index >= 15 is 0 Å². The highest BCUT2D eigenvalue weighted by Gasteiger charge is 2.36. The first-order valence-electron chi connectivity index (χ1n) is 6.87. The quantitative estimate of drug-likeness (QED) is 0.897. The zero-order chi connectivity index (χ0) is 15.5. The van der Waals surface area contributed by atoms with Crippen LogP contribution in [0.2, 0.25) is 5.02 Å². The van der Waals surface area contributed by atoms with Gasteiger partial charge < -0.3 is 5.11 Å². The molecule has 1 heterocycles. The molecule has 21 heavy (non-hydrogen) atoms. The molecule has 0 bridgehead atoms. The number of benzene rings is 1. The van der Waals surface area contributed by atoms with Crippen LogP contribution < -0.4 is 0 Å². The van der Waals surface area contributed by atoms with E-state index in [2.05, 4.69) is 0 Å². The summed E-state index contributed by atoms with van der Waals surface area (Å²) in [4.78, 5) is 11.2. The molecule has 0 aromatic heterocycles. The van der Waals surface area contributed by atoms with Crippen molar-refractivity contribution in [1.82, 2.24) is 4.31 Å². The van der Waals surface area contributed by atoms with Gasteiger partial charge in [-0.2, -0.15) is 4.31 Å². The van der Waals surface area contributed by atoms with E-state index in [1.807, 2.05) is 6.07 Å². The van der Waals surface area contributed by atoms with Gasteiger partial charge in [0.05, 0.1) is 5.75 Å². The van der Waals surface area contributed by atoms with Crippen LogP contribution in [0.5, 0.6) is 0 Å². The van der Waals surface area contributed by atoms with Crippen molar-refractivity contribution in [3.63, 3.8) is 0 Å². The number of halogens is 1. The fourth-order valence-electron chi connectivity index (χ4n) is 2.54. The first-order valence-corrected chi connectivity index (χ1v) is 8.85. The summed E-state index contributed by atoms with van der Waals surface area (Å²) in [5.74, 6) is -1.17. The minimum Gasteiger partial charge on any atom is -0.480 e. The van der Waals surface area contributed by atoms with E-state index in [-0.39, 0.29) is 12.3 Å². The first-order chi connectivity index (χ1) is 9.90. The van der Waals surface area contributed by atoms with Crippen LogP contribution in [0.15, 0.2) is 24.3 Å². The number of hydrogen-bond donors (Lipinski definition) is 1. The number of sulfonamides is 1. The van der Waals surface area contributed by atoms with Crippen molar-refractivity contribution < 1.29 is 18.3 Å². The van der Waals surface area contributed by atoms with E-state index < -0.39 is 22.0 Å². The molecule has 116 valence electrons. The molecular weight excluding hydrogens is 314 g/mol. The van der Waals surface area contributed by atoms with Gasteiger partial charge in [-0.1, -0.05) is 23.7 Å². The number of carboxylic acids is 1. The maximum atomic E-state index is 12.4. The van der Waals surface area contributed by atoms with Crippen LogP contribution in [0.25, 0.3) is 0 Å². The van der Waals surface area contributed by atoms with E-state index in [4.69, 9.17) is 11.6 Å². The number of aryl methyl sites for hydroxylation is 1. The number of nitrogens with zero attached hydrogens (tertiary/aromatic N) is 1. The summed E-state index contributed by atoms with van der Waals surface area (Å²) in [6.07, 6.45) is 2.16. The number of aliphatic carboxylic acids is 1. The molecule has 7 heteroatoms. The minimum absolute atomic E-state index is 0.100. The maximum Gasteiger partial charge on any atom is 0.322 e. The highest BCUT2D eigenvalue weighted by Crippen LogP contribution is 2.22. The van der Waals surface area contributed by atoms with E-state index in [0.29, 0.717) is 24.3 Å². The van der Waals surface area contributed by atoms with Crippen LogP contribution in [0.1, 0.15) is 24.8 Å². The number of rotatable bonds is 5. The zero-order valence-corrected chi connectivity index (χ0v) is 13.1. The lowest BCUT2D eigenvalue weighted by atomic mass is 10.1. The summed E-state index contributed by atoms with van der Waals surface area (Å²) in [6, 6.07) is 6.10. The lowest BCUT2D eigenvalue weighted by Gasteiger charge is -2.31. The van der Waals surface area contributed by atoms with Crippen molar-refractivity contribution >= 4 is 27.6 Å². The lowest BCUT2D eigenvalue weighted by Crippen LogP contribution is -2.48. The summed E-state index contributed by atoms with van der Waals surface area (Å²) in [5, 5.41) is 9.73. The smallest absolute Gasteiger partial charge is 0.322 e. The molecule has 1 fully saturated rings. The van der Waals surface area contributed by atoms with Crippen molar-refractivity contribution in [1.29, 1.82) is 0 Å². The van der Waals surface area contributed by atoms with Crippen LogP contribution in [-0.4, -0.2) is 42.1 Å². The summed E-state index contributed by atoms with van der Waals surface area (Å²) in [6.45, 7) is 0.287. The molecule has 0 saturated carbocycles. The van der Waals surface area contributed by atoms with Crippen LogP contribution >= 0.6 is 11.6 Å². The third kappa shape index (κ3) is 4.18. The Hall–Kier alpha value is -1.11. The Kier molecular flexibility index (Phi) is 5.24. The molecule has 1 aromatic rings. The van der Waals surface area contributed by atoms with Gasteiger partial charge >= 0.3 is 5.97 Å². The fraction of sp³-hybridized carbons (Fsp3) is 0.500. The maximum absolute atomic E-state index is 12.4. The Labute approximate surface area is 129 Å². The first kappa shape index (κ1) is 16.3. The molecule has 0 amide bonds. The summed E-state index contributed by atoms with van der Waals surface area (Å²) >= 11 is 5.87. The normalized spacial score (nSPS) is 20.3. The molecule has 1 N–H and O–H groups in total. The van der Waals surface area contributed by atoms with Crippen molar-refractivity contribution in [2.24, 2.45) is 0 Å². The SMILES string of the molecule is O=C(O)[C@@H]1CCCCN1S(=O)(=O)CCc1cccc(Cl)c1. The van der Waals surface area contributed by atoms with Gasteiger partial charge in [0, 0.05) is 11.6 Å². The standard InChI is InChI=1S/C14H18ClNO4S/c15-12-5-3-4-11(10-12)7-9-21(19,20)16-8-2-1-6-13(16)14(17)18/h3-5,10,13H,1-2,6-9H2,(H,17,18)/t13-/m0/s1. The number of hydrogen-bond acceptors (Lipinski definition) is 3. The van der Waals surface area contributed by atoms with Crippen molar-refractivity contribution in [3.05, 3.63) is 34.9 Å². The van der Waals surface area contributed by atoms with Crippen LogP contribution in [0.4, 0.5) is 0 Å². The third-order valence-electron chi connectivity index (χ3n) is 3.63. The fourth-order valence-corrected chi connectivity index (χ4v) is 4.47. The van der Waals surface area contributed by atoms with Gasteiger partial charge in [0.2, 0.25) is 10.0 Å². The molecule has 0 radical (unpaired) electrons. The van der Waals surface area contributed by atoms with Gasteiger partial charge in [0.1, 0.15) is 6.04 Å². The van der Waals surface area contributed by atoms with Crippen LogP contribution in [0, 0.1) is 0 Å². The molecule has 1 atom stereocenters. The van der Waals surface area contributed by atoms with Gasteiger partial charge in [0.25, 0.3) is 0 Å². The molecule has 1 aromatic carbocycles. The average Bonchev–Trinajstić information content (AvgIpc) is 2.45. The van der Waals surface area contributed by atoms with Gasteiger partial charge in [-0.15, -0.1) is 0 Å². The van der Waals surface area contributed by atoms with Gasteiger partial charge in [-0.25, -0.2) is 8.42 Å². The zero-order valence-electron chi connectivity index (χ0n) is 11.5. The second kappa shape index (κ2) is 6.77. The average molecular weight is 332 g/mol. The van der Waals surface area contributed by atoms with E-state index in [1.165, 1.54) is 0 Å². The predicted molar refractivity (Wildman–Crippen MR) is 80.9 cm³/mol. The molecule has 2 rings (SSSR count). The minimum atomic E-state index is -3.58. The second-order valence-corrected chi connectivity index (χ2v) is 7.63. The molecule has 1 saturated heterocycles. The summed E-state index contributed by atoms with van der Waals surface area (Å²) in [7, 11) is -3.58. The number of carboxylic acid groups (broad SMARTS) is 1. The summed E-state index contributed by atoms with van der Waals surface area (Å²) < 4.78 is 25.9. The predicted octanol–water partition coefficient (Wildman–Crippen LogP) is 2.15. The monoisotopic (exact) mass is 331 g/mol. The van der Waals surface area contributed by atoms with Gasteiger partial charge in [-0.05, 0) is 43.4 Å². The van der Waals surface area contributed by atoms with Crippen molar-refractivity contribution in [2.75, 3.05) is 12.3 Å². The number of carbonyl (C=O) groups is 1. The lowest BCUT2D eigenvalue weighted by molar-refractivity contribution is -0.142. The van der Waals surface area contributed by atoms with Crippen molar-refractivity contribution in [2.45, 2.75) is 31.7 Å². The van der Waals surface area contributed by atoms with Gasteiger partial charge in [-0.3, -0.25) is 4.79 Å². The van der Waals surface area contributed by atoms with E-state index in [0.717, 1.165) is 16.3 Å². The molecule has 0 spiro atoms. The Bertz CT molecular complexity index is 617. The second-order valence-electron chi connectivity index (χ2n) is 5.16. The largest absolute Gasteiger partial charge is 0.480 e.